The second kappa shape index (κ2) is 7.46. The number of rotatable bonds is 3. The summed E-state index contributed by atoms with van der Waals surface area (Å²) in [6.07, 6.45) is 0. The molecule has 0 bridgehead atoms. The van der Waals surface area contributed by atoms with Crippen molar-refractivity contribution in [1.82, 2.24) is 0 Å². The number of aliphatic carboxylic acids is 1. The highest BCUT2D eigenvalue weighted by Crippen LogP contribution is 2.40. The van der Waals surface area contributed by atoms with E-state index < -0.39 is 11.5 Å². The third-order valence-electron chi connectivity index (χ3n) is 2.10. The van der Waals surface area contributed by atoms with E-state index in [1.54, 1.807) is 0 Å². The van der Waals surface area contributed by atoms with Crippen LogP contribution < -0.4 is 0 Å². The van der Waals surface area contributed by atoms with Crippen LogP contribution in [0.3, 0.4) is 0 Å². The van der Waals surface area contributed by atoms with Gasteiger partial charge >= 0.3 is 5.97 Å². The zero-order chi connectivity index (χ0) is 15.6. The predicted molar refractivity (Wildman–Crippen MR) is 86.5 cm³/mol. The largest absolute Gasteiger partial charge is 0.478 e. The van der Waals surface area contributed by atoms with Gasteiger partial charge in [-0.2, -0.15) is 0 Å². The molecule has 108 valence electrons. The minimum Gasteiger partial charge on any atom is -0.478 e. The van der Waals surface area contributed by atoms with E-state index in [0.717, 1.165) is 0 Å². The number of hydrogen-bond donors (Lipinski definition) is 1. The number of halogens is 7. The molecule has 0 heterocycles. The van der Waals surface area contributed by atoms with Gasteiger partial charge < -0.3 is 5.11 Å². The second-order valence-electron chi connectivity index (χ2n) is 3.29. The van der Waals surface area contributed by atoms with Gasteiger partial charge in [0.2, 0.25) is 0 Å². The van der Waals surface area contributed by atoms with Crippen LogP contribution in [0.5, 0.6) is 0 Å². The summed E-state index contributed by atoms with van der Waals surface area (Å²) in [5.74, 6) is -1.39. The summed E-state index contributed by atoms with van der Waals surface area (Å²) >= 11 is 40.2. The van der Waals surface area contributed by atoms with Gasteiger partial charge in [0.15, 0.2) is 0 Å². The van der Waals surface area contributed by atoms with E-state index in [4.69, 9.17) is 81.2 Å². The zero-order valence-corrected chi connectivity index (χ0v) is 14.4. The SMILES string of the molecule is O=C(O)/C(=C(\Cl)C(Cl)=C(Cl)Cl)c1ccc(Cl)c(Cl)c1Cl. The highest BCUT2D eigenvalue weighted by molar-refractivity contribution is 6.62. The third-order valence-corrected chi connectivity index (χ3v) is 4.81. The molecule has 0 saturated heterocycles. The number of carbonyl (C=O) groups is 1. The van der Waals surface area contributed by atoms with Crippen molar-refractivity contribution >= 4 is 92.7 Å². The molecule has 0 aliphatic carbocycles. The summed E-state index contributed by atoms with van der Waals surface area (Å²) in [4.78, 5) is 11.4. The summed E-state index contributed by atoms with van der Waals surface area (Å²) in [5.41, 5.74) is -0.370. The Labute approximate surface area is 149 Å². The van der Waals surface area contributed by atoms with Crippen molar-refractivity contribution in [2.24, 2.45) is 0 Å². The first kappa shape index (κ1) is 18.2. The van der Waals surface area contributed by atoms with Crippen LogP contribution >= 0.6 is 81.2 Å². The number of carboxylic acid groups (broad SMARTS) is 1. The van der Waals surface area contributed by atoms with Crippen molar-refractivity contribution in [2.75, 3.05) is 0 Å². The molecular weight excluding hydrogens is 412 g/mol. The van der Waals surface area contributed by atoms with Crippen LogP contribution in [0.25, 0.3) is 5.57 Å². The molecule has 1 N–H and O–H groups in total. The molecule has 0 amide bonds. The maximum absolute atomic E-state index is 11.4. The third kappa shape index (κ3) is 3.89. The summed E-state index contributed by atoms with van der Waals surface area (Å²) in [6, 6.07) is 2.72. The molecule has 2 nitrogen and oxygen atoms in total. The van der Waals surface area contributed by atoms with Crippen molar-refractivity contribution in [3.8, 4) is 0 Å². The lowest BCUT2D eigenvalue weighted by Crippen LogP contribution is -2.03. The average molecular weight is 415 g/mol. The molecule has 1 rings (SSSR count). The van der Waals surface area contributed by atoms with Gasteiger partial charge in [-0.1, -0.05) is 87.3 Å². The highest BCUT2D eigenvalue weighted by Gasteiger charge is 2.23. The minimum atomic E-state index is -1.39. The molecule has 0 fully saturated rings. The normalized spacial score (nSPS) is 11.9. The summed E-state index contributed by atoms with van der Waals surface area (Å²) in [7, 11) is 0. The van der Waals surface area contributed by atoms with Gasteiger partial charge in [0.1, 0.15) is 4.49 Å². The van der Waals surface area contributed by atoms with E-state index in [2.05, 4.69) is 0 Å². The van der Waals surface area contributed by atoms with Crippen molar-refractivity contribution in [2.45, 2.75) is 0 Å². The van der Waals surface area contributed by atoms with E-state index in [1.807, 2.05) is 0 Å². The fourth-order valence-corrected chi connectivity index (χ4v) is 2.53. The topological polar surface area (TPSA) is 37.3 Å². The van der Waals surface area contributed by atoms with Crippen LogP contribution in [0.15, 0.2) is 26.7 Å². The Balaban J connectivity index is 3.69. The zero-order valence-electron chi connectivity index (χ0n) is 9.16. The first-order chi connectivity index (χ1) is 9.18. The standard InChI is InChI=1S/C11H3Cl7O2/c12-4-2-1-3(6(13)7(4)14)5(11(19)20)8(15)9(16)10(17)18/h1-2H,(H,19,20)/b8-5-. The maximum atomic E-state index is 11.4. The van der Waals surface area contributed by atoms with E-state index in [0.29, 0.717) is 0 Å². The Morgan fingerprint density at radius 2 is 1.45 bits per heavy atom. The molecule has 0 unspecified atom stereocenters. The van der Waals surface area contributed by atoms with Crippen LogP contribution in [0.1, 0.15) is 5.56 Å². The van der Waals surface area contributed by atoms with Gasteiger partial charge in [0.25, 0.3) is 0 Å². The lowest BCUT2D eigenvalue weighted by Gasteiger charge is -2.10. The fourth-order valence-electron chi connectivity index (χ4n) is 1.24. The average Bonchev–Trinajstić information content (AvgIpc) is 2.37. The highest BCUT2D eigenvalue weighted by atomic mass is 35.5. The van der Waals surface area contributed by atoms with Gasteiger partial charge in [0, 0.05) is 5.56 Å². The minimum absolute atomic E-state index is 0.00822. The molecule has 9 heteroatoms. The number of benzene rings is 1. The Morgan fingerprint density at radius 3 is 1.90 bits per heavy atom. The van der Waals surface area contributed by atoms with E-state index in [-0.39, 0.29) is 35.2 Å². The second-order valence-corrected chi connectivity index (χ2v) is 6.16. The summed E-state index contributed by atoms with van der Waals surface area (Å²) in [6.45, 7) is 0. The molecule has 1 aromatic rings. The number of carboxylic acids is 1. The molecule has 1 aromatic carbocycles. The molecule has 0 spiro atoms. The first-order valence-corrected chi connectivity index (χ1v) is 7.31. The Morgan fingerprint density at radius 1 is 0.900 bits per heavy atom. The maximum Gasteiger partial charge on any atom is 0.337 e. The molecule has 20 heavy (non-hydrogen) atoms. The molecule has 0 saturated carbocycles. The molecule has 0 aromatic heterocycles. The van der Waals surface area contributed by atoms with Gasteiger partial charge in [-0.25, -0.2) is 4.79 Å². The van der Waals surface area contributed by atoms with Crippen LogP contribution in [-0.2, 0) is 4.79 Å². The smallest absolute Gasteiger partial charge is 0.337 e. The lowest BCUT2D eigenvalue weighted by molar-refractivity contribution is -0.130. The van der Waals surface area contributed by atoms with Crippen LogP contribution in [0.2, 0.25) is 15.1 Å². The fraction of sp³-hybridized carbons (Fsp3) is 0. The predicted octanol–water partition coefficient (Wildman–Crippen LogP) is 6.57. The monoisotopic (exact) mass is 412 g/mol. The summed E-state index contributed by atoms with van der Waals surface area (Å²) in [5, 5.41) is 8.65. The quantitative estimate of drug-likeness (QED) is 0.345. The molecule has 0 aliphatic rings. The van der Waals surface area contributed by atoms with Gasteiger partial charge in [-0.05, 0) is 6.07 Å². The van der Waals surface area contributed by atoms with E-state index in [9.17, 15) is 9.90 Å². The molecule has 0 radical (unpaired) electrons. The van der Waals surface area contributed by atoms with Gasteiger partial charge in [-0.3, -0.25) is 0 Å². The van der Waals surface area contributed by atoms with Crippen molar-refractivity contribution in [1.29, 1.82) is 0 Å². The van der Waals surface area contributed by atoms with Crippen molar-refractivity contribution in [3.05, 3.63) is 47.3 Å². The Kier molecular flexibility index (Phi) is 6.81. The molecule has 0 atom stereocenters. The van der Waals surface area contributed by atoms with Crippen LogP contribution in [0, 0.1) is 0 Å². The molecule has 0 aliphatic heterocycles. The molecular formula is C11H3Cl7O2. The van der Waals surface area contributed by atoms with Gasteiger partial charge in [-0.15, -0.1) is 0 Å². The Hall–Kier alpha value is 0.200. The van der Waals surface area contributed by atoms with Crippen molar-refractivity contribution in [3.63, 3.8) is 0 Å². The first-order valence-electron chi connectivity index (χ1n) is 4.66. The number of hydrogen-bond acceptors (Lipinski definition) is 1. The van der Waals surface area contributed by atoms with Crippen molar-refractivity contribution < 1.29 is 9.90 Å². The summed E-state index contributed by atoms with van der Waals surface area (Å²) < 4.78 is -0.383. The van der Waals surface area contributed by atoms with Crippen LogP contribution in [-0.4, -0.2) is 11.1 Å². The van der Waals surface area contributed by atoms with Crippen LogP contribution in [0.4, 0.5) is 0 Å². The van der Waals surface area contributed by atoms with Gasteiger partial charge in [0.05, 0.1) is 30.7 Å². The van der Waals surface area contributed by atoms with E-state index >= 15 is 0 Å². The van der Waals surface area contributed by atoms with E-state index in [1.165, 1.54) is 12.1 Å². The number of allylic oxidation sites excluding steroid dienone is 2. The lowest BCUT2D eigenvalue weighted by atomic mass is 10.1. The Bertz CT molecular complexity index is 630.